The number of hydrogen-bond donors (Lipinski definition) is 1. The van der Waals surface area contributed by atoms with Crippen LogP contribution in [0.15, 0.2) is 126 Å². The van der Waals surface area contributed by atoms with Gasteiger partial charge in [-0.2, -0.15) is 0 Å². The molecule has 0 unspecified atom stereocenters. The second kappa shape index (κ2) is 8.89. The molecule has 1 aliphatic heterocycles. The maximum Gasteiger partial charge on any atom is 0.0691 e. The third-order valence-corrected chi connectivity index (χ3v) is 6.26. The third-order valence-electron chi connectivity index (χ3n) is 5.73. The van der Waals surface area contributed by atoms with Gasteiger partial charge in [0.2, 0.25) is 0 Å². The number of allylic oxidation sites excluding steroid dienone is 2. The number of rotatable bonds is 4. The minimum absolute atomic E-state index is 0.134. The van der Waals surface area contributed by atoms with E-state index in [1.54, 1.807) is 0 Å². The van der Waals surface area contributed by atoms with E-state index < -0.39 is 0 Å². The zero-order chi connectivity index (χ0) is 21.9. The topological polar surface area (TPSA) is 29.3 Å². The van der Waals surface area contributed by atoms with Crippen molar-refractivity contribution in [3.8, 4) is 0 Å². The Morgan fingerprint density at radius 2 is 1.09 bits per heavy atom. The van der Waals surface area contributed by atoms with Crippen LogP contribution in [-0.2, 0) is 0 Å². The number of para-hydroxylation sites is 2. The van der Waals surface area contributed by atoms with Gasteiger partial charge in [-0.25, -0.2) is 0 Å². The van der Waals surface area contributed by atoms with Crippen LogP contribution in [0.1, 0.15) is 22.6 Å². The largest absolute Gasteiger partial charge is 0.397 e. The second-order valence-corrected chi connectivity index (χ2v) is 8.72. The van der Waals surface area contributed by atoms with Gasteiger partial charge in [0.25, 0.3) is 0 Å². The maximum absolute atomic E-state index is 6.49. The quantitative estimate of drug-likeness (QED) is 0.304. The van der Waals surface area contributed by atoms with Gasteiger partial charge in [0.15, 0.2) is 0 Å². The summed E-state index contributed by atoms with van der Waals surface area (Å²) < 4.78 is 1.08. The van der Waals surface area contributed by atoms with Crippen molar-refractivity contribution in [1.82, 2.24) is 0 Å². The van der Waals surface area contributed by atoms with Crippen LogP contribution in [0, 0.1) is 0 Å². The molecule has 156 valence electrons. The lowest BCUT2D eigenvalue weighted by molar-refractivity contribution is 1.04. The van der Waals surface area contributed by atoms with Gasteiger partial charge >= 0.3 is 0 Å². The number of nitrogens with zero attached hydrogens (tertiary/aromatic N) is 1. The summed E-state index contributed by atoms with van der Waals surface area (Å²) in [5.41, 5.74) is 14.0. The van der Waals surface area contributed by atoms with Crippen LogP contribution < -0.4 is 10.6 Å². The van der Waals surface area contributed by atoms with Crippen molar-refractivity contribution >= 4 is 38.7 Å². The summed E-state index contributed by atoms with van der Waals surface area (Å²) in [5.74, 6) is 0.134. The maximum atomic E-state index is 6.49. The number of hydrogen-bond acceptors (Lipinski definition) is 2. The van der Waals surface area contributed by atoms with Gasteiger partial charge in [-0.15, -0.1) is 0 Å². The van der Waals surface area contributed by atoms with Crippen LogP contribution in [0.25, 0.3) is 11.4 Å². The first-order chi connectivity index (χ1) is 15.7. The van der Waals surface area contributed by atoms with Crippen LogP contribution in [0.5, 0.6) is 0 Å². The molecule has 4 aromatic rings. The fourth-order valence-electron chi connectivity index (χ4n) is 4.16. The van der Waals surface area contributed by atoms with Gasteiger partial charge < -0.3 is 10.6 Å². The van der Waals surface area contributed by atoms with E-state index in [0.717, 1.165) is 38.4 Å². The molecule has 4 aromatic carbocycles. The standard InChI is InChI=1S/C29H23BrN2/c30-25-17-15-21(16-18-25)24-19-28(22-9-3-1-4-10-22)32(27-14-8-7-13-26(27)31)29(20-24)23-11-5-2-6-12-23/h1-20,24H,31H2. The Morgan fingerprint density at radius 3 is 1.62 bits per heavy atom. The summed E-state index contributed by atoms with van der Waals surface area (Å²) in [4.78, 5) is 2.29. The first-order valence-corrected chi connectivity index (χ1v) is 11.4. The molecule has 0 saturated heterocycles. The van der Waals surface area contributed by atoms with E-state index in [1.165, 1.54) is 5.56 Å². The molecule has 0 bridgehead atoms. The number of anilines is 2. The molecule has 0 amide bonds. The Kier molecular flexibility index (Phi) is 5.66. The molecule has 2 nitrogen and oxygen atoms in total. The highest BCUT2D eigenvalue weighted by atomic mass is 79.9. The fraction of sp³-hybridized carbons (Fsp3) is 0.0345. The monoisotopic (exact) mass is 478 g/mol. The van der Waals surface area contributed by atoms with Gasteiger partial charge in [-0.3, -0.25) is 0 Å². The summed E-state index contributed by atoms with van der Waals surface area (Å²) in [6.07, 6.45) is 4.66. The summed E-state index contributed by atoms with van der Waals surface area (Å²) >= 11 is 3.56. The van der Waals surface area contributed by atoms with Crippen molar-refractivity contribution in [2.45, 2.75) is 5.92 Å². The molecule has 0 fully saturated rings. The van der Waals surface area contributed by atoms with Crippen molar-refractivity contribution in [1.29, 1.82) is 0 Å². The first kappa shape index (κ1) is 20.3. The van der Waals surface area contributed by atoms with Gasteiger partial charge in [0.05, 0.1) is 22.8 Å². The lowest BCUT2D eigenvalue weighted by Crippen LogP contribution is -2.25. The molecular formula is C29H23BrN2. The smallest absolute Gasteiger partial charge is 0.0691 e. The molecule has 0 spiro atoms. The zero-order valence-corrected chi connectivity index (χ0v) is 19.1. The Bertz CT molecular complexity index is 1220. The molecule has 3 heteroatoms. The van der Waals surface area contributed by atoms with E-state index in [4.69, 9.17) is 5.73 Å². The molecule has 2 N–H and O–H groups in total. The molecule has 5 rings (SSSR count). The van der Waals surface area contributed by atoms with Crippen LogP contribution in [0.3, 0.4) is 0 Å². The Labute approximate surface area is 197 Å². The molecule has 1 aliphatic rings. The van der Waals surface area contributed by atoms with E-state index in [1.807, 2.05) is 30.3 Å². The lowest BCUT2D eigenvalue weighted by atomic mass is 9.89. The molecule has 0 aliphatic carbocycles. The molecule has 0 radical (unpaired) electrons. The van der Waals surface area contributed by atoms with E-state index in [0.29, 0.717) is 0 Å². The summed E-state index contributed by atoms with van der Waals surface area (Å²) in [7, 11) is 0. The second-order valence-electron chi connectivity index (χ2n) is 7.81. The van der Waals surface area contributed by atoms with Crippen molar-refractivity contribution in [2.24, 2.45) is 0 Å². The number of halogens is 1. The first-order valence-electron chi connectivity index (χ1n) is 10.7. The highest BCUT2D eigenvalue weighted by molar-refractivity contribution is 9.10. The minimum atomic E-state index is 0.134. The highest BCUT2D eigenvalue weighted by Gasteiger charge is 2.27. The van der Waals surface area contributed by atoms with Gasteiger partial charge in [0.1, 0.15) is 0 Å². The molecule has 32 heavy (non-hydrogen) atoms. The van der Waals surface area contributed by atoms with E-state index in [-0.39, 0.29) is 5.92 Å². The summed E-state index contributed by atoms with van der Waals surface area (Å²) in [5, 5.41) is 0. The van der Waals surface area contributed by atoms with Crippen molar-refractivity contribution in [3.05, 3.63) is 143 Å². The van der Waals surface area contributed by atoms with Crippen molar-refractivity contribution in [3.63, 3.8) is 0 Å². The van der Waals surface area contributed by atoms with Gasteiger partial charge in [-0.05, 0) is 53.1 Å². The molecular weight excluding hydrogens is 456 g/mol. The normalized spacial score (nSPS) is 14.1. The lowest BCUT2D eigenvalue weighted by Gasteiger charge is -2.36. The summed E-state index contributed by atoms with van der Waals surface area (Å²) in [6, 6.07) is 37.7. The predicted molar refractivity (Wildman–Crippen MR) is 139 cm³/mol. The van der Waals surface area contributed by atoms with E-state index in [9.17, 15) is 0 Å². The predicted octanol–water partition coefficient (Wildman–Crippen LogP) is 7.72. The number of nitrogens with two attached hydrogens (primary N) is 1. The Hall–Kier alpha value is -3.56. The molecule has 0 saturated carbocycles. The van der Waals surface area contributed by atoms with Crippen LogP contribution >= 0.6 is 15.9 Å². The third kappa shape index (κ3) is 4.00. The van der Waals surface area contributed by atoms with E-state index in [2.05, 4.69) is 112 Å². The van der Waals surface area contributed by atoms with Gasteiger partial charge in [0, 0.05) is 10.4 Å². The highest BCUT2D eigenvalue weighted by Crippen LogP contribution is 2.43. The van der Waals surface area contributed by atoms with Crippen molar-refractivity contribution < 1.29 is 0 Å². The zero-order valence-electron chi connectivity index (χ0n) is 17.5. The molecule has 0 aromatic heterocycles. The van der Waals surface area contributed by atoms with Gasteiger partial charge in [-0.1, -0.05) is 101 Å². The Balaban J connectivity index is 1.75. The molecule has 0 atom stereocenters. The fourth-order valence-corrected chi connectivity index (χ4v) is 4.43. The van der Waals surface area contributed by atoms with Crippen LogP contribution in [-0.4, -0.2) is 0 Å². The Morgan fingerprint density at radius 1 is 0.594 bits per heavy atom. The number of nitrogen functional groups attached to an aromatic ring is 1. The number of benzene rings is 4. The SMILES string of the molecule is Nc1ccccc1N1C(c2ccccc2)=CC(c2ccc(Br)cc2)C=C1c1ccccc1. The summed E-state index contributed by atoms with van der Waals surface area (Å²) in [6.45, 7) is 0. The van der Waals surface area contributed by atoms with E-state index >= 15 is 0 Å². The molecule has 1 heterocycles. The average Bonchev–Trinajstić information content (AvgIpc) is 2.85. The average molecular weight is 479 g/mol. The van der Waals surface area contributed by atoms with Crippen LogP contribution in [0.2, 0.25) is 0 Å². The van der Waals surface area contributed by atoms with Crippen LogP contribution in [0.4, 0.5) is 11.4 Å². The van der Waals surface area contributed by atoms with Crippen molar-refractivity contribution in [2.75, 3.05) is 10.6 Å². The minimum Gasteiger partial charge on any atom is -0.397 e.